The van der Waals surface area contributed by atoms with Gasteiger partial charge in [0.15, 0.2) is 0 Å². The number of anilines is 1. The normalized spacial score (nSPS) is 14.7. The van der Waals surface area contributed by atoms with Gasteiger partial charge in [-0.05, 0) is 12.5 Å². The first-order valence-corrected chi connectivity index (χ1v) is 4.04. The Balaban J connectivity index is 2.46. The Bertz CT molecular complexity index is 433. The molecule has 0 radical (unpaired) electrons. The Kier molecular flexibility index (Phi) is 1.01. The van der Waals surface area contributed by atoms with Crippen molar-refractivity contribution < 1.29 is 4.42 Å². The Labute approximate surface area is 69.4 Å². The molecule has 2 aromatic rings. The number of aromatic nitrogens is 1. The fourth-order valence-corrected chi connectivity index (χ4v) is 1.68. The fourth-order valence-electron chi connectivity index (χ4n) is 1.68. The van der Waals surface area contributed by atoms with Crippen molar-refractivity contribution >= 4 is 16.8 Å². The van der Waals surface area contributed by atoms with E-state index < -0.39 is 0 Å². The Morgan fingerprint density at radius 2 is 2.50 bits per heavy atom. The second kappa shape index (κ2) is 2.00. The lowest BCUT2D eigenvalue weighted by Crippen LogP contribution is -1.92. The number of rotatable bonds is 0. The van der Waals surface area contributed by atoms with Gasteiger partial charge in [-0.2, -0.15) is 0 Å². The Morgan fingerprint density at radius 3 is 3.50 bits per heavy atom. The molecule has 3 heteroatoms. The van der Waals surface area contributed by atoms with Crippen molar-refractivity contribution in [1.82, 2.24) is 4.98 Å². The van der Waals surface area contributed by atoms with Crippen LogP contribution in [-0.4, -0.2) is 11.5 Å². The molecule has 0 amide bonds. The first kappa shape index (κ1) is 6.06. The molecular formula is C9H8N2O. The quantitative estimate of drug-likeness (QED) is 0.638. The third-order valence-corrected chi connectivity index (χ3v) is 2.26. The van der Waals surface area contributed by atoms with Gasteiger partial charge in [-0.3, -0.25) is 0 Å². The van der Waals surface area contributed by atoms with Crippen LogP contribution in [-0.2, 0) is 6.42 Å². The van der Waals surface area contributed by atoms with E-state index in [1.807, 2.05) is 12.3 Å². The summed E-state index contributed by atoms with van der Waals surface area (Å²) < 4.78 is 5.38. The fraction of sp³-hybridized carbons (Fsp3) is 0.222. The van der Waals surface area contributed by atoms with Gasteiger partial charge in [0.25, 0.3) is 0 Å². The first-order chi connectivity index (χ1) is 5.95. The lowest BCUT2D eigenvalue weighted by molar-refractivity contribution is 0.612. The number of hydrogen-bond donors (Lipinski definition) is 1. The van der Waals surface area contributed by atoms with E-state index in [1.54, 1.807) is 6.26 Å². The van der Waals surface area contributed by atoms with Crippen LogP contribution in [0.25, 0.3) is 11.0 Å². The minimum absolute atomic E-state index is 0.974. The van der Waals surface area contributed by atoms with Gasteiger partial charge in [0.2, 0.25) is 0 Å². The highest BCUT2D eigenvalue weighted by atomic mass is 16.3. The minimum Gasteiger partial charge on any atom is -0.464 e. The number of furan rings is 1. The van der Waals surface area contributed by atoms with E-state index in [1.165, 1.54) is 5.56 Å². The van der Waals surface area contributed by atoms with E-state index in [9.17, 15) is 0 Å². The van der Waals surface area contributed by atoms with Crippen LogP contribution in [0.15, 0.2) is 22.9 Å². The van der Waals surface area contributed by atoms with Gasteiger partial charge in [0, 0.05) is 23.7 Å². The summed E-state index contributed by atoms with van der Waals surface area (Å²) in [5.74, 6) is 0.984. The smallest absolute Gasteiger partial charge is 0.142 e. The molecule has 0 saturated carbocycles. The van der Waals surface area contributed by atoms with Gasteiger partial charge in [0.1, 0.15) is 11.4 Å². The van der Waals surface area contributed by atoms with Gasteiger partial charge in [-0.1, -0.05) is 0 Å². The van der Waals surface area contributed by atoms with Crippen LogP contribution < -0.4 is 5.32 Å². The zero-order chi connectivity index (χ0) is 7.97. The molecule has 12 heavy (non-hydrogen) atoms. The highest BCUT2D eigenvalue weighted by Gasteiger charge is 2.16. The van der Waals surface area contributed by atoms with Crippen LogP contribution in [0.1, 0.15) is 5.56 Å². The molecule has 0 aliphatic carbocycles. The molecule has 0 atom stereocenters. The molecule has 3 rings (SSSR count). The Morgan fingerprint density at radius 1 is 1.50 bits per heavy atom. The topological polar surface area (TPSA) is 38.1 Å². The van der Waals surface area contributed by atoms with Crippen molar-refractivity contribution in [3.05, 3.63) is 24.1 Å². The van der Waals surface area contributed by atoms with Gasteiger partial charge in [-0.15, -0.1) is 0 Å². The first-order valence-electron chi connectivity index (χ1n) is 4.04. The highest BCUT2D eigenvalue weighted by molar-refractivity contribution is 5.84. The summed E-state index contributed by atoms with van der Waals surface area (Å²) in [5, 5.41) is 4.31. The molecule has 60 valence electrons. The van der Waals surface area contributed by atoms with Crippen molar-refractivity contribution in [1.29, 1.82) is 0 Å². The van der Waals surface area contributed by atoms with Crippen LogP contribution in [0.4, 0.5) is 5.82 Å². The summed E-state index contributed by atoms with van der Waals surface area (Å²) in [6.45, 7) is 0.974. The van der Waals surface area contributed by atoms with Gasteiger partial charge in [0.05, 0.1) is 6.26 Å². The van der Waals surface area contributed by atoms with Crippen molar-refractivity contribution in [3.63, 3.8) is 0 Å². The minimum atomic E-state index is 0.974. The molecule has 3 heterocycles. The largest absolute Gasteiger partial charge is 0.464 e. The molecule has 0 bridgehead atoms. The number of fused-ring (bicyclic) bond motifs is 3. The number of pyridine rings is 1. The van der Waals surface area contributed by atoms with Crippen molar-refractivity contribution in [2.75, 3.05) is 11.9 Å². The second-order valence-electron chi connectivity index (χ2n) is 2.97. The molecule has 0 fully saturated rings. The summed E-state index contributed by atoms with van der Waals surface area (Å²) in [6.07, 6.45) is 4.58. The molecule has 0 unspecified atom stereocenters. The molecule has 0 spiro atoms. The van der Waals surface area contributed by atoms with Crippen LogP contribution in [0.2, 0.25) is 0 Å². The van der Waals surface area contributed by atoms with Crippen LogP contribution >= 0.6 is 0 Å². The third-order valence-electron chi connectivity index (χ3n) is 2.26. The van der Waals surface area contributed by atoms with Gasteiger partial charge < -0.3 is 9.73 Å². The molecule has 1 aliphatic heterocycles. The molecule has 1 N–H and O–H groups in total. The number of nitrogens with one attached hydrogen (secondary N) is 1. The maximum absolute atomic E-state index is 5.38. The lowest BCUT2D eigenvalue weighted by atomic mass is 10.2. The standard InChI is InChI=1S/C9H8N2O/c1-3-10-9-7(1)8-6(5-11-9)2-4-12-8/h2,4-5H,1,3H2,(H,10,11). The Hall–Kier alpha value is -1.51. The third kappa shape index (κ3) is 0.630. The molecule has 0 saturated heterocycles. The molecule has 3 nitrogen and oxygen atoms in total. The maximum atomic E-state index is 5.38. The summed E-state index contributed by atoms with van der Waals surface area (Å²) in [4.78, 5) is 4.29. The second-order valence-corrected chi connectivity index (χ2v) is 2.97. The van der Waals surface area contributed by atoms with Crippen LogP contribution in [0.5, 0.6) is 0 Å². The highest BCUT2D eigenvalue weighted by Crippen LogP contribution is 2.28. The zero-order valence-corrected chi connectivity index (χ0v) is 6.50. The van der Waals surface area contributed by atoms with Gasteiger partial charge >= 0.3 is 0 Å². The monoisotopic (exact) mass is 160 g/mol. The summed E-state index contributed by atoms with van der Waals surface area (Å²) >= 11 is 0. The van der Waals surface area contributed by atoms with E-state index in [-0.39, 0.29) is 0 Å². The summed E-state index contributed by atoms with van der Waals surface area (Å²) in [6, 6.07) is 1.95. The van der Waals surface area contributed by atoms with E-state index in [0.29, 0.717) is 0 Å². The van der Waals surface area contributed by atoms with Crippen LogP contribution in [0, 0.1) is 0 Å². The number of nitrogens with zero attached hydrogens (tertiary/aromatic N) is 1. The SMILES string of the molecule is c1cc2cnc3c(c2o1)CCN3. The average molecular weight is 160 g/mol. The molecular weight excluding hydrogens is 152 g/mol. The molecule has 0 aromatic carbocycles. The predicted molar refractivity (Wildman–Crippen MR) is 46.2 cm³/mol. The summed E-state index contributed by atoms with van der Waals surface area (Å²) in [7, 11) is 0. The van der Waals surface area contributed by atoms with Crippen molar-refractivity contribution in [2.45, 2.75) is 6.42 Å². The predicted octanol–water partition coefficient (Wildman–Crippen LogP) is 1.80. The number of hydrogen-bond acceptors (Lipinski definition) is 3. The van der Waals surface area contributed by atoms with Gasteiger partial charge in [-0.25, -0.2) is 4.98 Å². The van der Waals surface area contributed by atoms with Crippen molar-refractivity contribution in [2.24, 2.45) is 0 Å². The lowest BCUT2D eigenvalue weighted by Gasteiger charge is -1.96. The van der Waals surface area contributed by atoms with Crippen molar-refractivity contribution in [3.8, 4) is 0 Å². The van der Waals surface area contributed by atoms with E-state index in [4.69, 9.17) is 4.42 Å². The van der Waals surface area contributed by atoms with E-state index in [2.05, 4.69) is 10.3 Å². The molecule has 1 aliphatic rings. The molecule has 2 aromatic heterocycles. The van der Waals surface area contributed by atoms with E-state index >= 15 is 0 Å². The van der Waals surface area contributed by atoms with E-state index in [0.717, 1.165) is 29.8 Å². The zero-order valence-electron chi connectivity index (χ0n) is 6.50. The average Bonchev–Trinajstić information content (AvgIpc) is 2.71. The summed E-state index contributed by atoms with van der Waals surface area (Å²) in [5.41, 5.74) is 2.21. The maximum Gasteiger partial charge on any atom is 0.142 e. The van der Waals surface area contributed by atoms with Crippen LogP contribution in [0.3, 0.4) is 0 Å².